The summed E-state index contributed by atoms with van der Waals surface area (Å²) >= 11 is 0. The maximum Gasteiger partial charge on any atom is 0.0465 e. The molecule has 0 saturated carbocycles. The molecule has 0 unspecified atom stereocenters. The van der Waals surface area contributed by atoms with Crippen molar-refractivity contribution in [3.63, 3.8) is 0 Å². The van der Waals surface area contributed by atoms with Crippen LogP contribution in [0.1, 0.15) is 150 Å². The number of hydrogen-bond acceptors (Lipinski definition) is 2. The molecule has 0 fully saturated rings. The van der Waals surface area contributed by atoms with Crippen LogP contribution in [0.5, 0.6) is 0 Å². The first-order valence-electron chi connectivity index (χ1n) is 51.3. The van der Waals surface area contributed by atoms with Crippen molar-refractivity contribution >= 4 is 77.2 Å². The van der Waals surface area contributed by atoms with Crippen LogP contribution >= 0.6 is 0 Å². The second kappa shape index (κ2) is 32.0. The van der Waals surface area contributed by atoms with Crippen LogP contribution in [-0.2, 0) is 32.5 Å². The number of nitrogens with zero attached hydrogens (tertiary/aromatic N) is 2. The summed E-state index contributed by atoms with van der Waals surface area (Å²) in [6, 6.07) is 169. The van der Waals surface area contributed by atoms with E-state index in [9.17, 15) is 0 Å². The summed E-state index contributed by atoms with van der Waals surface area (Å²) in [6.45, 7) is 28.9. The zero-order valence-electron chi connectivity index (χ0n) is 83.6. The lowest BCUT2D eigenvalue weighted by Crippen LogP contribution is -2.19. The van der Waals surface area contributed by atoms with Gasteiger partial charge in [-0.1, -0.05) is 411 Å². The number of fused-ring (bicyclic) bond motifs is 22. The Bertz CT molecular complexity index is 8790. The average molecular weight is 1840 g/mol. The Balaban J connectivity index is 0.000000144. The van der Waals surface area contributed by atoms with Crippen LogP contribution in [0, 0.1) is 0 Å². The van der Waals surface area contributed by atoms with E-state index in [1.807, 2.05) is 0 Å². The van der Waals surface area contributed by atoms with Crippen molar-refractivity contribution in [2.24, 2.45) is 0 Å². The van der Waals surface area contributed by atoms with E-state index in [-0.39, 0.29) is 32.5 Å². The number of anilines is 6. The van der Waals surface area contributed by atoms with Gasteiger partial charge in [-0.3, -0.25) is 0 Å². The van der Waals surface area contributed by atoms with Crippen LogP contribution < -0.4 is 9.80 Å². The lowest BCUT2D eigenvalue weighted by molar-refractivity contribution is 0.652. The Morgan fingerprint density at radius 3 is 0.674 bits per heavy atom. The van der Waals surface area contributed by atoms with Gasteiger partial charge in [0.2, 0.25) is 0 Å². The zero-order chi connectivity index (χ0) is 97.3. The van der Waals surface area contributed by atoms with Crippen LogP contribution in [0.15, 0.2) is 449 Å². The van der Waals surface area contributed by atoms with E-state index in [0.29, 0.717) is 0 Å². The summed E-state index contributed by atoms with van der Waals surface area (Å²) in [5.41, 5.74) is 53.6. The molecule has 22 aromatic carbocycles. The first-order chi connectivity index (χ1) is 69.9. The average Bonchev–Trinajstić information content (AvgIpc) is 1.55. The van der Waals surface area contributed by atoms with Crippen LogP contribution in [0.25, 0.3) is 177 Å². The maximum absolute atomic E-state index is 2.55. The van der Waals surface area contributed by atoms with E-state index in [2.05, 4.69) is 542 Å². The second-order valence-corrected chi connectivity index (χ2v) is 44.3. The minimum absolute atomic E-state index is 0.0550. The highest BCUT2D eigenvalue weighted by atomic mass is 15.1. The molecule has 22 aromatic rings. The fourth-order valence-electron chi connectivity index (χ4n) is 26.1. The van der Waals surface area contributed by atoms with Gasteiger partial charge in [0.05, 0.1) is 0 Å². The van der Waals surface area contributed by atoms with Gasteiger partial charge >= 0.3 is 0 Å². The van der Waals surface area contributed by atoms with Crippen LogP contribution in [0.2, 0.25) is 0 Å². The molecule has 0 spiro atoms. The van der Waals surface area contributed by atoms with Crippen LogP contribution in [0.3, 0.4) is 0 Å². The maximum atomic E-state index is 2.55. The first-order valence-corrected chi connectivity index (χ1v) is 51.3. The standard InChI is InChI=1S/C74H59N.C68H51N/c1-71(2)63-20-14-13-19-55(63)61-42-70-62(43-69(61)71)60-34-29-54(41-68(60)74(70,7)8)75(52-27-32-58-56-30-25-50(37-64(56)72(3,4)66(58)39-52)48-23-21-44-15-9-11-17-46(44)35-48)53-28-33-59-57-31-26-51(38-65(57)73(5,6)67(59)40-53)49-24-22-45-16-10-12-18-47(45)36-49;1-67(2)63-22-10-9-19-59(63)61-42-66-62(43-65(61)67)60-40-39-54(41-64(60)68(66,3)4)69(52-35-31-46(32-36-52)44-23-27-50(28-24-44)57-20-11-15-48-13-5-7-17-55(48)57)53-37-33-47(34-38-53)45-25-29-51(30-26-45)58-21-12-16-49-14-6-8-18-56(49)58/h9-43H,1-8H3;5-43H,1-4H3. The Kier molecular flexibility index (Phi) is 19.2. The highest BCUT2D eigenvalue weighted by molar-refractivity contribution is 6.02. The fraction of sp³-hybridized carbons (Fsp3) is 0.127. The third-order valence-corrected chi connectivity index (χ3v) is 34.1. The molecule has 0 aliphatic heterocycles. The number of hydrogen-bond donors (Lipinski definition) is 0. The molecular formula is C142H110N2. The van der Waals surface area contributed by atoms with Crippen molar-refractivity contribution in [3.05, 3.63) is 516 Å². The molecule has 688 valence electrons. The SMILES string of the molecule is CC1(C)c2cc(-c3ccc4ccccc4c3)ccc2-c2ccc(N(c3ccc4c(c3)C(C)(C)c3cc(-c5ccc6ccccc6c5)ccc3-4)c3ccc4c(c3)C(C)(C)c3cc5c(cc3-4)C(C)(C)c3ccccc3-5)cc21.CC1(C)c2ccccc2-c2cc3c(cc21)-c1ccc(N(c2ccc(-c4ccc(-c5cccc6ccccc56)cc4)cc2)c2ccc(-c4ccc(-c5cccc6ccccc56)cc4)cc2)cc1C3(C)C. The highest BCUT2D eigenvalue weighted by Crippen LogP contribution is 2.62. The Labute approximate surface area is 845 Å². The molecule has 0 amide bonds. The summed E-state index contributed by atoms with van der Waals surface area (Å²) in [4.78, 5) is 4.98. The molecule has 0 heterocycles. The highest BCUT2D eigenvalue weighted by Gasteiger charge is 2.46. The normalized spacial score (nSPS) is 14.9. The molecular weight excluding hydrogens is 1730 g/mol. The van der Waals surface area contributed by atoms with Gasteiger partial charge in [0, 0.05) is 66.6 Å². The monoisotopic (exact) mass is 1840 g/mol. The molecule has 0 bridgehead atoms. The van der Waals surface area contributed by atoms with E-state index in [0.717, 1.165) is 17.1 Å². The predicted molar refractivity (Wildman–Crippen MR) is 610 cm³/mol. The Morgan fingerprint density at radius 2 is 0.326 bits per heavy atom. The lowest BCUT2D eigenvalue weighted by atomic mass is 9.79. The molecule has 0 atom stereocenters. The van der Waals surface area contributed by atoms with Crippen molar-refractivity contribution in [2.45, 2.75) is 116 Å². The number of rotatable bonds is 12. The van der Waals surface area contributed by atoms with E-state index in [1.165, 1.54) is 260 Å². The summed E-state index contributed by atoms with van der Waals surface area (Å²) in [6.07, 6.45) is 0. The first kappa shape index (κ1) is 86.6. The van der Waals surface area contributed by atoms with Gasteiger partial charge in [-0.2, -0.15) is 0 Å². The van der Waals surface area contributed by atoms with E-state index < -0.39 is 0 Å². The summed E-state index contributed by atoms with van der Waals surface area (Å²) in [5, 5.41) is 10.1. The summed E-state index contributed by atoms with van der Waals surface area (Å²) in [7, 11) is 0. The van der Waals surface area contributed by atoms with Gasteiger partial charge in [-0.25, -0.2) is 0 Å². The molecule has 0 N–H and O–H groups in total. The third kappa shape index (κ3) is 13.4. The van der Waals surface area contributed by atoms with Gasteiger partial charge in [0.15, 0.2) is 0 Å². The minimum Gasteiger partial charge on any atom is -0.310 e. The van der Waals surface area contributed by atoms with Crippen molar-refractivity contribution in [1.29, 1.82) is 0 Å². The van der Waals surface area contributed by atoms with Gasteiger partial charge in [-0.05, 0) is 365 Å². The Hall–Kier alpha value is -16.5. The van der Waals surface area contributed by atoms with E-state index >= 15 is 0 Å². The van der Waals surface area contributed by atoms with Gasteiger partial charge in [-0.15, -0.1) is 0 Å². The minimum atomic E-state index is -0.224. The third-order valence-electron chi connectivity index (χ3n) is 34.1. The summed E-state index contributed by atoms with van der Waals surface area (Å²) < 4.78 is 0. The van der Waals surface area contributed by atoms with Gasteiger partial charge in [0.25, 0.3) is 0 Å². The Morgan fingerprint density at radius 1 is 0.118 bits per heavy atom. The lowest BCUT2D eigenvalue weighted by Gasteiger charge is -2.31. The molecule has 2 nitrogen and oxygen atoms in total. The van der Waals surface area contributed by atoms with E-state index in [4.69, 9.17) is 0 Å². The second-order valence-electron chi connectivity index (χ2n) is 44.3. The van der Waals surface area contributed by atoms with Gasteiger partial charge < -0.3 is 9.80 Å². The fourth-order valence-corrected chi connectivity index (χ4v) is 26.1. The molecule has 0 saturated heterocycles. The summed E-state index contributed by atoms with van der Waals surface area (Å²) in [5.74, 6) is 0. The van der Waals surface area contributed by atoms with Crippen molar-refractivity contribution < 1.29 is 0 Å². The molecule has 0 aromatic heterocycles. The smallest absolute Gasteiger partial charge is 0.0465 e. The van der Waals surface area contributed by atoms with Crippen LogP contribution in [-0.4, -0.2) is 0 Å². The largest absolute Gasteiger partial charge is 0.310 e. The molecule has 6 aliphatic carbocycles. The molecule has 144 heavy (non-hydrogen) atoms. The van der Waals surface area contributed by atoms with Gasteiger partial charge in [0.1, 0.15) is 0 Å². The van der Waals surface area contributed by atoms with Crippen molar-refractivity contribution in [1.82, 2.24) is 0 Å². The molecule has 2 heteroatoms. The van der Waals surface area contributed by atoms with Crippen molar-refractivity contribution in [3.8, 4) is 134 Å². The molecule has 28 rings (SSSR count). The zero-order valence-corrected chi connectivity index (χ0v) is 83.6. The topological polar surface area (TPSA) is 6.48 Å². The predicted octanol–water partition coefficient (Wildman–Crippen LogP) is 38.8. The number of benzene rings is 22. The molecule has 6 aliphatic rings. The molecule has 0 radical (unpaired) electrons. The van der Waals surface area contributed by atoms with Crippen molar-refractivity contribution in [2.75, 3.05) is 9.80 Å². The van der Waals surface area contributed by atoms with Crippen LogP contribution in [0.4, 0.5) is 34.1 Å². The van der Waals surface area contributed by atoms with E-state index in [1.54, 1.807) is 0 Å². The quantitative estimate of drug-likeness (QED) is 0.120.